The summed E-state index contributed by atoms with van der Waals surface area (Å²) in [6, 6.07) is -1.39. The van der Waals surface area contributed by atoms with Crippen molar-refractivity contribution in [3.8, 4) is 0 Å². The second kappa shape index (κ2) is 5.73. The predicted molar refractivity (Wildman–Crippen MR) is 67.6 cm³/mol. The van der Waals surface area contributed by atoms with E-state index in [-0.39, 0.29) is 18.4 Å². The SMILES string of the molecule is CCN(CC(F)(F)F)C(=O)NC1C2CCC(C2)C1C(=O)O. The fourth-order valence-electron chi connectivity index (χ4n) is 3.63. The van der Waals surface area contributed by atoms with E-state index < -0.39 is 36.7 Å². The number of rotatable bonds is 4. The predicted octanol–water partition coefficient (Wildman–Crippen LogP) is 2.08. The molecule has 0 radical (unpaired) electrons. The first-order valence-electron chi connectivity index (χ1n) is 7.08. The summed E-state index contributed by atoms with van der Waals surface area (Å²) >= 11 is 0. The van der Waals surface area contributed by atoms with E-state index in [0.29, 0.717) is 4.90 Å². The lowest BCUT2D eigenvalue weighted by Gasteiger charge is -2.31. The number of amides is 2. The normalized spacial score (nSPS) is 31.2. The molecule has 2 bridgehead atoms. The Morgan fingerprint density at radius 1 is 1.29 bits per heavy atom. The van der Waals surface area contributed by atoms with Crippen LogP contribution in [0, 0.1) is 17.8 Å². The largest absolute Gasteiger partial charge is 0.481 e. The van der Waals surface area contributed by atoms with Gasteiger partial charge in [-0.2, -0.15) is 13.2 Å². The third kappa shape index (κ3) is 3.41. The number of halogens is 3. The van der Waals surface area contributed by atoms with E-state index in [1.807, 2.05) is 0 Å². The van der Waals surface area contributed by atoms with Crippen LogP contribution >= 0.6 is 0 Å². The Balaban J connectivity index is 2.02. The van der Waals surface area contributed by atoms with Gasteiger partial charge in [-0.3, -0.25) is 4.79 Å². The van der Waals surface area contributed by atoms with Crippen molar-refractivity contribution in [2.45, 2.75) is 38.4 Å². The summed E-state index contributed by atoms with van der Waals surface area (Å²) in [7, 11) is 0. The lowest BCUT2D eigenvalue weighted by Crippen LogP contribution is -2.53. The number of carbonyl (C=O) groups is 2. The Kier molecular flexibility index (Phi) is 4.34. The molecule has 0 aromatic heterocycles. The minimum Gasteiger partial charge on any atom is -0.481 e. The average molecular weight is 308 g/mol. The highest BCUT2D eigenvalue weighted by molar-refractivity contribution is 5.77. The van der Waals surface area contributed by atoms with Crippen molar-refractivity contribution in [2.75, 3.05) is 13.1 Å². The van der Waals surface area contributed by atoms with Crippen molar-refractivity contribution in [1.82, 2.24) is 10.2 Å². The molecule has 0 aliphatic heterocycles. The molecule has 21 heavy (non-hydrogen) atoms. The number of carbonyl (C=O) groups excluding carboxylic acids is 1. The molecule has 2 N–H and O–H groups in total. The summed E-state index contributed by atoms with van der Waals surface area (Å²) in [6.45, 7) is 0.0541. The number of hydrogen-bond acceptors (Lipinski definition) is 2. The van der Waals surface area contributed by atoms with Crippen LogP contribution in [0.25, 0.3) is 0 Å². The molecule has 0 heterocycles. The number of carboxylic acids is 1. The van der Waals surface area contributed by atoms with Gasteiger partial charge in [0.1, 0.15) is 6.54 Å². The summed E-state index contributed by atoms with van der Waals surface area (Å²) in [4.78, 5) is 23.9. The van der Waals surface area contributed by atoms with Crippen LogP contribution in [0.4, 0.5) is 18.0 Å². The molecule has 0 saturated heterocycles. The molecule has 4 atom stereocenters. The molecular formula is C13H19F3N2O3. The minimum atomic E-state index is -4.46. The first kappa shape index (κ1) is 15.9. The Labute approximate surface area is 120 Å². The first-order chi connectivity index (χ1) is 9.73. The summed E-state index contributed by atoms with van der Waals surface area (Å²) in [5.41, 5.74) is 0. The quantitative estimate of drug-likeness (QED) is 0.835. The molecule has 2 aliphatic rings. The number of fused-ring (bicyclic) bond motifs is 2. The number of nitrogens with one attached hydrogen (secondary N) is 1. The zero-order valence-electron chi connectivity index (χ0n) is 11.7. The second-order valence-electron chi connectivity index (χ2n) is 5.80. The van der Waals surface area contributed by atoms with E-state index in [9.17, 15) is 27.9 Å². The smallest absolute Gasteiger partial charge is 0.406 e. The van der Waals surface area contributed by atoms with Crippen LogP contribution in [-0.4, -0.2) is 47.3 Å². The molecule has 2 saturated carbocycles. The van der Waals surface area contributed by atoms with E-state index in [1.165, 1.54) is 6.92 Å². The topological polar surface area (TPSA) is 69.6 Å². The highest BCUT2D eigenvalue weighted by Crippen LogP contribution is 2.48. The number of alkyl halides is 3. The van der Waals surface area contributed by atoms with Crippen molar-refractivity contribution < 1.29 is 27.9 Å². The Morgan fingerprint density at radius 3 is 2.43 bits per heavy atom. The third-order valence-electron chi connectivity index (χ3n) is 4.53. The molecular weight excluding hydrogens is 289 g/mol. The van der Waals surface area contributed by atoms with Gasteiger partial charge >= 0.3 is 18.2 Å². The van der Waals surface area contributed by atoms with Gasteiger partial charge < -0.3 is 15.3 Å². The number of nitrogens with zero attached hydrogens (tertiary/aromatic N) is 1. The lowest BCUT2D eigenvalue weighted by atomic mass is 9.84. The molecule has 0 spiro atoms. The van der Waals surface area contributed by atoms with Gasteiger partial charge in [0.2, 0.25) is 0 Å². The fourth-order valence-corrected chi connectivity index (χ4v) is 3.63. The number of urea groups is 1. The highest BCUT2D eigenvalue weighted by atomic mass is 19.4. The van der Waals surface area contributed by atoms with Gasteiger partial charge in [0.15, 0.2) is 0 Å². The Hall–Kier alpha value is -1.47. The summed E-state index contributed by atoms with van der Waals surface area (Å²) in [6.07, 6.45) is -2.10. The van der Waals surface area contributed by atoms with Crippen LogP contribution in [0.1, 0.15) is 26.2 Å². The fraction of sp³-hybridized carbons (Fsp3) is 0.846. The lowest BCUT2D eigenvalue weighted by molar-refractivity contribution is -0.145. The van der Waals surface area contributed by atoms with Crippen molar-refractivity contribution in [3.63, 3.8) is 0 Å². The standard InChI is InChI=1S/C13H19F3N2O3/c1-2-18(6-13(14,15)16)12(21)17-10-8-4-3-7(5-8)9(10)11(19)20/h7-10H,2-6H2,1H3,(H,17,21)(H,19,20). The van der Waals surface area contributed by atoms with Crippen molar-refractivity contribution in [3.05, 3.63) is 0 Å². The molecule has 4 unspecified atom stereocenters. The van der Waals surface area contributed by atoms with Crippen molar-refractivity contribution in [2.24, 2.45) is 17.8 Å². The molecule has 0 aromatic rings. The van der Waals surface area contributed by atoms with Crippen LogP contribution in [-0.2, 0) is 4.79 Å². The average Bonchev–Trinajstić information content (AvgIpc) is 2.95. The zero-order valence-corrected chi connectivity index (χ0v) is 11.7. The van der Waals surface area contributed by atoms with Crippen molar-refractivity contribution >= 4 is 12.0 Å². The van der Waals surface area contributed by atoms with E-state index in [0.717, 1.165) is 19.3 Å². The Bertz CT molecular complexity index is 427. The van der Waals surface area contributed by atoms with Gasteiger partial charge in [-0.1, -0.05) is 0 Å². The van der Waals surface area contributed by atoms with Crippen LogP contribution in [0.15, 0.2) is 0 Å². The third-order valence-corrected chi connectivity index (χ3v) is 4.53. The minimum absolute atomic E-state index is 0.0236. The number of carboxylic acid groups (broad SMARTS) is 1. The second-order valence-corrected chi connectivity index (χ2v) is 5.80. The summed E-state index contributed by atoms with van der Waals surface area (Å²) in [5.74, 6) is -1.58. The molecule has 2 aliphatic carbocycles. The molecule has 2 amide bonds. The van der Waals surface area contributed by atoms with E-state index in [4.69, 9.17) is 0 Å². The maximum absolute atomic E-state index is 12.4. The van der Waals surface area contributed by atoms with Gasteiger partial charge in [0.05, 0.1) is 5.92 Å². The number of aliphatic carboxylic acids is 1. The maximum atomic E-state index is 12.4. The molecule has 5 nitrogen and oxygen atoms in total. The van der Waals surface area contributed by atoms with E-state index in [2.05, 4.69) is 5.32 Å². The van der Waals surface area contributed by atoms with Crippen molar-refractivity contribution in [1.29, 1.82) is 0 Å². The maximum Gasteiger partial charge on any atom is 0.406 e. The number of hydrogen-bond donors (Lipinski definition) is 2. The van der Waals surface area contributed by atoms with Gasteiger partial charge in [-0.05, 0) is 38.0 Å². The first-order valence-corrected chi connectivity index (χ1v) is 7.08. The molecule has 2 rings (SSSR count). The summed E-state index contributed by atoms with van der Waals surface area (Å²) in [5, 5.41) is 11.8. The van der Waals surface area contributed by atoms with Crippen LogP contribution in [0.2, 0.25) is 0 Å². The van der Waals surface area contributed by atoms with Gasteiger partial charge in [-0.25, -0.2) is 4.79 Å². The van der Waals surface area contributed by atoms with E-state index >= 15 is 0 Å². The van der Waals surface area contributed by atoms with Crippen LogP contribution < -0.4 is 5.32 Å². The van der Waals surface area contributed by atoms with Gasteiger partial charge in [0.25, 0.3) is 0 Å². The monoisotopic (exact) mass is 308 g/mol. The summed E-state index contributed by atoms with van der Waals surface area (Å²) < 4.78 is 37.2. The van der Waals surface area contributed by atoms with E-state index in [1.54, 1.807) is 0 Å². The zero-order chi connectivity index (χ0) is 15.8. The molecule has 8 heteroatoms. The molecule has 0 aromatic carbocycles. The van der Waals surface area contributed by atoms with Gasteiger partial charge in [0, 0.05) is 12.6 Å². The van der Waals surface area contributed by atoms with Crippen LogP contribution in [0.5, 0.6) is 0 Å². The van der Waals surface area contributed by atoms with Crippen LogP contribution in [0.3, 0.4) is 0 Å². The van der Waals surface area contributed by atoms with Gasteiger partial charge in [-0.15, -0.1) is 0 Å². The molecule has 120 valence electrons. The molecule has 2 fully saturated rings. The highest BCUT2D eigenvalue weighted by Gasteiger charge is 2.52. The Morgan fingerprint density at radius 2 is 1.90 bits per heavy atom.